The van der Waals surface area contributed by atoms with E-state index in [0.717, 1.165) is 12.5 Å². The molecule has 0 aliphatic rings. The van der Waals surface area contributed by atoms with Crippen LogP contribution in [0.1, 0.15) is 12.8 Å². The van der Waals surface area contributed by atoms with Gasteiger partial charge in [-0.2, -0.15) is 0 Å². The highest BCUT2D eigenvalue weighted by Crippen LogP contribution is 2.07. The Bertz CT molecular complexity index is 503. The summed E-state index contributed by atoms with van der Waals surface area (Å²) in [6, 6.07) is 0. The van der Waals surface area contributed by atoms with Gasteiger partial charge in [-0.15, -0.1) is 0 Å². The summed E-state index contributed by atoms with van der Waals surface area (Å²) in [6.07, 6.45) is 0.678. The van der Waals surface area contributed by atoms with Gasteiger partial charge in [-0.05, 0) is 0 Å². The van der Waals surface area contributed by atoms with Gasteiger partial charge in [0.1, 0.15) is 6.61 Å². The quantitative estimate of drug-likeness (QED) is 0.505. The van der Waals surface area contributed by atoms with Crippen LogP contribution >= 0.6 is 0 Å². The van der Waals surface area contributed by atoms with E-state index in [4.69, 9.17) is 5.11 Å². The second-order valence-electron chi connectivity index (χ2n) is 3.82. The Labute approximate surface area is 110 Å². The highest BCUT2D eigenvalue weighted by Gasteiger charge is 2.31. The second kappa shape index (κ2) is 6.82. The third-order valence-corrected chi connectivity index (χ3v) is 6.21. The molecule has 9 nitrogen and oxygen atoms in total. The van der Waals surface area contributed by atoms with Crippen molar-refractivity contribution in [2.24, 2.45) is 0 Å². The summed E-state index contributed by atoms with van der Waals surface area (Å²) in [4.78, 5) is 25.7. The second-order valence-corrected chi connectivity index (χ2v) is 8.57. The third-order valence-electron chi connectivity index (χ3n) is 1.93. The first-order valence-corrected chi connectivity index (χ1v) is 8.85. The SMILES string of the molecule is CS(=O)(=O)C(CONC(=O)CCC(=O)O)S(C)(=O)=O. The molecule has 0 saturated carbocycles. The van der Waals surface area contributed by atoms with Gasteiger partial charge in [0.05, 0.1) is 6.42 Å². The van der Waals surface area contributed by atoms with Crippen LogP contribution in [0.5, 0.6) is 0 Å². The van der Waals surface area contributed by atoms with Crippen LogP contribution in [0, 0.1) is 0 Å². The van der Waals surface area contributed by atoms with Gasteiger partial charge in [0.2, 0.25) is 5.91 Å². The van der Waals surface area contributed by atoms with Crippen LogP contribution in [0.25, 0.3) is 0 Å². The van der Waals surface area contributed by atoms with Gasteiger partial charge in [-0.1, -0.05) is 0 Å². The molecule has 2 N–H and O–H groups in total. The fraction of sp³-hybridized carbons (Fsp3) is 0.750. The molecule has 0 aromatic rings. The zero-order chi connectivity index (χ0) is 15.3. The number of carboxylic acid groups (broad SMARTS) is 1. The van der Waals surface area contributed by atoms with E-state index >= 15 is 0 Å². The molecule has 19 heavy (non-hydrogen) atoms. The minimum Gasteiger partial charge on any atom is -0.481 e. The van der Waals surface area contributed by atoms with Crippen molar-refractivity contribution in [1.82, 2.24) is 5.48 Å². The molecule has 0 fully saturated rings. The van der Waals surface area contributed by atoms with Gasteiger partial charge < -0.3 is 5.11 Å². The number of hydroxylamine groups is 1. The predicted molar refractivity (Wildman–Crippen MR) is 64.4 cm³/mol. The van der Waals surface area contributed by atoms with E-state index in [1.807, 2.05) is 0 Å². The first-order chi connectivity index (χ1) is 8.44. The maximum Gasteiger partial charge on any atom is 0.303 e. The number of carbonyl (C=O) groups excluding carboxylic acids is 1. The van der Waals surface area contributed by atoms with Crippen molar-refractivity contribution >= 4 is 31.6 Å². The monoisotopic (exact) mass is 317 g/mol. The van der Waals surface area contributed by atoms with E-state index in [2.05, 4.69) is 4.84 Å². The molecule has 0 aromatic carbocycles. The number of hydrogen-bond donors (Lipinski definition) is 2. The number of aliphatic carboxylic acids is 1. The van der Waals surface area contributed by atoms with Gasteiger partial charge in [-0.3, -0.25) is 14.4 Å². The van der Waals surface area contributed by atoms with Crippen molar-refractivity contribution in [3.63, 3.8) is 0 Å². The normalized spacial score (nSPS) is 12.4. The standard InChI is InChI=1S/C8H15NO8S2/c1-18(13,14)8(19(2,15)16)5-17-9-6(10)3-4-7(11)12/h8H,3-5H2,1-2H3,(H,9,10)(H,11,12). The summed E-state index contributed by atoms with van der Waals surface area (Å²) in [5.74, 6) is -1.97. The van der Waals surface area contributed by atoms with Crippen molar-refractivity contribution < 1.29 is 36.4 Å². The minimum atomic E-state index is -3.90. The zero-order valence-electron chi connectivity index (χ0n) is 10.3. The Morgan fingerprint density at radius 3 is 1.95 bits per heavy atom. The van der Waals surface area contributed by atoms with E-state index in [9.17, 15) is 26.4 Å². The van der Waals surface area contributed by atoms with Gasteiger partial charge in [-0.25, -0.2) is 22.3 Å². The van der Waals surface area contributed by atoms with E-state index < -0.39 is 49.2 Å². The molecule has 0 aliphatic heterocycles. The summed E-state index contributed by atoms with van der Waals surface area (Å²) < 4.78 is 43.1. The molecule has 0 unspecified atom stereocenters. The van der Waals surface area contributed by atoms with Crippen LogP contribution in [0.4, 0.5) is 0 Å². The molecule has 0 bridgehead atoms. The molecule has 0 aliphatic carbocycles. The van der Waals surface area contributed by atoms with Crippen molar-refractivity contribution in [3.8, 4) is 0 Å². The van der Waals surface area contributed by atoms with E-state index in [-0.39, 0.29) is 6.42 Å². The topological polar surface area (TPSA) is 144 Å². The van der Waals surface area contributed by atoms with Gasteiger partial charge in [0, 0.05) is 18.9 Å². The first-order valence-electron chi connectivity index (χ1n) is 4.94. The number of nitrogens with one attached hydrogen (secondary N) is 1. The number of rotatable bonds is 8. The van der Waals surface area contributed by atoms with Gasteiger partial charge in [0.25, 0.3) is 0 Å². The Kier molecular flexibility index (Phi) is 6.39. The number of carboxylic acids is 1. The summed E-state index contributed by atoms with van der Waals surface area (Å²) in [6.45, 7) is -0.767. The van der Waals surface area contributed by atoms with E-state index in [1.165, 1.54) is 0 Å². The maximum atomic E-state index is 11.2. The van der Waals surface area contributed by atoms with Crippen molar-refractivity contribution in [3.05, 3.63) is 0 Å². The smallest absolute Gasteiger partial charge is 0.303 e. The Morgan fingerprint density at radius 2 is 1.58 bits per heavy atom. The summed E-state index contributed by atoms with van der Waals surface area (Å²) in [5, 5.41) is 8.31. The lowest BCUT2D eigenvalue weighted by atomic mass is 10.3. The van der Waals surface area contributed by atoms with Crippen LogP contribution in [0.3, 0.4) is 0 Å². The van der Waals surface area contributed by atoms with Crippen LogP contribution < -0.4 is 5.48 Å². The molecular weight excluding hydrogens is 302 g/mol. The number of carbonyl (C=O) groups is 2. The number of sulfone groups is 2. The molecule has 0 rings (SSSR count). The van der Waals surface area contributed by atoms with Crippen LogP contribution in [0.2, 0.25) is 0 Å². The average Bonchev–Trinajstić information content (AvgIpc) is 2.17. The fourth-order valence-electron chi connectivity index (χ4n) is 1.03. The predicted octanol–water partition coefficient (Wildman–Crippen LogP) is -1.69. The average molecular weight is 317 g/mol. The number of amides is 1. The molecule has 0 saturated heterocycles. The Hall–Kier alpha value is -1.20. The molecule has 11 heteroatoms. The molecule has 0 spiro atoms. The highest BCUT2D eigenvalue weighted by molar-refractivity contribution is 8.08. The molecule has 0 radical (unpaired) electrons. The molecule has 0 aromatic heterocycles. The van der Waals surface area contributed by atoms with Crippen molar-refractivity contribution in [2.45, 2.75) is 17.4 Å². The van der Waals surface area contributed by atoms with E-state index in [1.54, 1.807) is 5.48 Å². The number of hydrogen-bond acceptors (Lipinski definition) is 7. The van der Waals surface area contributed by atoms with Crippen molar-refractivity contribution in [1.29, 1.82) is 0 Å². The summed E-state index contributed by atoms with van der Waals surface area (Å²) in [5.41, 5.74) is 1.78. The molecule has 1 amide bonds. The lowest BCUT2D eigenvalue weighted by Crippen LogP contribution is -2.37. The lowest BCUT2D eigenvalue weighted by molar-refractivity contribution is -0.141. The largest absolute Gasteiger partial charge is 0.481 e. The zero-order valence-corrected chi connectivity index (χ0v) is 12.0. The van der Waals surface area contributed by atoms with Crippen LogP contribution in [-0.4, -0.2) is 57.5 Å². The van der Waals surface area contributed by atoms with Crippen LogP contribution in [-0.2, 0) is 34.1 Å². The fourth-order valence-corrected chi connectivity index (χ4v) is 4.20. The Morgan fingerprint density at radius 1 is 1.11 bits per heavy atom. The van der Waals surface area contributed by atoms with Crippen LogP contribution in [0.15, 0.2) is 0 Å². The minimum absolute atomic E-state index is 0.363. The maximum absolute atomic E-state index is 11.2. The molecule has 0 heterocycles. The summed E-state index contributed by atoms with van der Waals surface area (Å²) >= 11 is 0. The molecular formula is C8H15NO8S2. The Balaban J connectivity index is 4.38. The van der Waals surface area contributed by atoms with Gasteiger partial charge >= 0.3 is 5.97 Å². The summed E-state index contributed by atoms with van der Waals surface area (Å²) in [7, 11) is -7.81. The van der Waals surface area contributed by atoms with Gasteiger partial charge in [0.15, 0.2) is 24.3 Å². The first kappa shape index (κ1) is 17.8. The highest BCUT2D eigenvalue weighted by atomic mass is 32.3. The third kappa shape index (κ3) is 7.74. The van der Waals surface area contributed by atoms with E-state index in [0.29, 0.717) is 0 Å². The van der Waals surface area contributed by atoms with Crippen molar-refractivity contribution in [2.75, 3.05) is 19.1 Å². The lowest BCUT2D eigenvalue weighted by Gasteiger charge is -2.13. The molecule has 112 valence electrons. The molecule has 0 atom stereocenters.